The lowest BCUT2D eigenvalue weighted by atomic mass is 10.2. The lowest BCUT2D eigenvalue weighted by molar-refractivity contribution is -0.127. The van der Waals surface area contributed by atoms with Crippen molar-refractivity contribution in [2.75, 3.05) is 26.0 Å². The summed E-state index contributed by atoms with van der Waals surface area (Å²) in [5.74, 6) is 0.498. The third-order valence-corrected chi connectivity index (χ3v) is 2.82. The Morgan fingerprint density at radius 3 is 2.89 bits per heavy atom. The first-order valence-electron chi connectivity index (χ1n) is 6.34. The number of anilines is 1. The van der Waals surface area contributed by atoms with Crippen molar-refractivity contribution in [3.05, 3.63) is 23.8 Å². The summed E-state index contributed by atoms with van der Waals surface area (Å²) >= 11 is 0. The fourth-order valence-electron chi connectivity index (χ4n) is 1.57. The molecule has 1 amide bonds. The molecule has 0 aromatic heterocycles. The summed E-state index contributed by atoms with van der Waals surface area (Å²) in [7, 11) is 1.64. The molecule has 0 fully saturated rings. The van der Waals surface area contributed by atoms with Gasteiger partial charge in [-0.2, -0.15) is 0 Å². The molecule has 106 valence electrons. The maximum Gasteiger partial charge on any atom is 0.260 e. The number of nitrogen functional groups attached to an aromatic ring is 1. The van der Waals surface area contributed by atoms with Gasteiger partial charge in [0.05, 0.1) is 0 Å². The van der Waals surface area contributed by atoms with Gasteiger partial charge < -0.3 is 20.5 Å². The highest BCUT2D eigenvalue weighted by molar-refractivity contribution is 5.80. The van der Waals surface area contributed by atoms with Crippen LogP contribution in [0, 0.1) is 6.92 Å². The molecule has 0 aliphatic carbocycles. The molecule has 3 N–H and O–H groups in total. The van der Waals surface area contributed by atoms with E-state index in [0.29, 0.717) is 24.6 Å². The number of ether oxygens (including phenoxy) is 2. The Bertz CT molecular complexity index is 421. The predicted molar refractivity (Wildman–Crippen MR) is 75.2 cm³/mol. The number of rotatable bonds is 7. The van der Waals surface area contributed by atoms with Crippen molar-refractivity contribution in [2.24, 2.45) is 0 Å². The van der Waals surface area contributed by atoms with E-state index in [1.807, 2.05) is 6.92 Å². The summed E-state index contributed by atoms with van der Waals surface area (Å²) in [5.41, 5.74) is 7.30. The number of methoxy groups -OCH3 is 1. The van der Waals surface area contributed by atoms with Gasteiger partial charge in [0, 0.05) is 31.5 Å². The van der Waals surface area contributed by atoms with E-state index in [-0.39, 0.29) is 5.91 Å². The number of carbonyl (C=O) groups is 1. The molecule has 1 aromatic carbocycles. The van der Waals surface area contributed by atoms with E-state index in [2.05, 4.69) is 5.32 Å². The first kappa shape index (κ1) is 15.3. The quantitative estimate of drug-likeness (QED) is 0.579. The van der Waals surface area contributed by atoms with Crippen molar-refractivity contribution >= 4 is 11.6 Å². The van der Waals surface area contributed by atoms with Crippen molar-refractivity contribution in [2.45, 2.75) is 26.4 Å². The Hall–Kier alpha value is -1.75. The number of carbonyl (C=O) groups excluding carboxylic acids is 1. The van der Waals surface area contributed by atoms with E-state index in [1.165, 1.54) is 0 Å². The molecular weight excluding hydrogens is 244 g/mol. The van der Waals surface area contributed by atoms with Crippen LogP contribution in [0.4, 0.5) is 5.69 Å². The molecule has 0 aliphatic rings. The van der Waals surface area contributed by atoms with E-state index in [9.17, 15) is 4.79 Å². The molecule has 0 bridgehead atoms. The molecular formula is C14H22N2O3. The van der Waals surface area contributed by atoms with Gasteiger partial charge in [-0.25, -0.2) is 0 Å². The fraction of sp³-hybridized carbons (Fsp3) is 0.500. The third kappa shape index (κ3) is 4.79. The molecule has 0 aliphatic heterocycles. The van der Waals surface area contributed by atoms with E-state index in [1.54, 1.807) is 32.2 Å². The number of nitrogens with two attached hydrogens (primary N) is 1. The lowest BCUT2D eigenvalue weighted by Gasteiger charge is -2.16. The first-order valence-corrected chi connectivity index (χ1v) is 6.34. The Balaban J connectivity index is 2.47. The van der Waals surface area contributed by atoms with Crippen LogP contribution in [-0.2, 0) is 9.53 Å². The van der Waals surface area contributed by atoms with Crippen LogP contribution in [0.25, 0.3) is 0 Å². The standard InChI is InChI=1S/C14H22N2O3/c1-10-12(15)6-4-7-13(10)19-11(2)14(17)16-8-5-9-18-3/h4,6-7,11H,5,8-9,15H2,1-3H3,(H,16,17). The van der Waals surface area contributed by atoms with Gasteiger partial charge in [0.15, 0.2) is 6.10 Å². The van der Waals surface area contributed by atoms with Crippen LogP contribution in [0.1, 0.15) is 18.9 Å². The van der Waals surface area contributed by atoms with Gasteiger partial charge in [-0.05, 0) is 32.4 Å². The van der Waals surface area contributed by atoms with E-state index >= 15 is 0 Å². The van der Waals surface area contributed by atoms with Crippen molar-refractivity contribution in [1.82, 2.24) is 5.32 Å². The van der Waals surface area contributed by atoms with Crippen molar-refractivity contribution in [3.63, 3.8) is 0 Å². The van der Waals surface area contributed by atoms with Crippen molar-refractivity contribution in [1.29, 1.82) is 0 Å². The van der Waals surface area contributed by atoms with Crippen LogP contribution in [-0.4, -0.2) is 32.3 Å². The zero-order valence-electron chi connectivity index (χ0n) is 11.7. The molecule has 0 radical (unpaired) electrons. The maximum atomic E-state index is 11.8. The molecule has 0 heterocycles. The van der Waals surface area contributed by atoms with Gasteiger partial charge >= 0.3 is 0 Å². The smallest absolute Gasteiger partial charge is 0.260 e. The van der Waals surface area contributed by atoms with Crippen LogP contribution in [0.2, 0.25) is 0 Å². The largest absolute Gasteiger partial charge is 0.481 e. The minimum atomic E-state index is -0.553. The lowest BCUT2D eigenvalue weighted by Crippen LogP contribution is -2.37. The first-order chi connectivity index (χ1) is 9.06. The van der Waals surface area contributed by atoms with Crippen LogP contribution in [0.5, 0.6) is 5.75 Å². The number of benzene rings is 1. The third-order valence-electron chi connectivity index (χ3n) is 2.82. The molecule has 0 spiro atoms. The summed E-state index contributed by atoms with van der Waals surface area (Å²) < 4.78 is 10.5. The fourth-order valence-corrected chi connectivity index (χ4v) is 1.57. The van der Waals surface area contributed by atoms with E-state index in [4.69, 9.17) is 15.2 Å². The summed E-state index contributed by atoms with van der Waals surface area (Å²) in [6, 6.07) is 5.42. The highest BCUT2D eigenvalue weighted by atomic mass is 16.5. The van der Waals surface area contributed by atoms with Gasteiger partial charge in [-0.1, -0.05) is 6.07 Å². The van der Waals surface area contributed by atoms with Crippen LogP contribution >= 0.6 is 0 Å². The zero-order chi connectivity index (χ0) is 14.3. The van der Waals surface area contributed by atoms with E-state index < -0.39 is 6.10 Å². The Morgan fingerprint density at radius 2 is 2.21 bits per heavy atom. The molecule has 1 rings (SSSR count). The number of amides is 1. The van der Waals surface area contributed by atoms with Crippen LogP contribution in [0.3, 0.4) is 0 Å². The Kier molecular flexibility index (Phi) is 6.15. The molecule has 0 saturated carbocycles. The molecule has 19 heavy (non-hydrogen) atoms. The van der Waals surface area contributed by atoms with E-state index in [0.717, 1.165) is 12.0 Å². The Morgan fingerprint density at radius 1 is 1.47 bits per heavy atom. The highest BCUT2D eigenvalue weighted by Gasteiger charge is 2.15. The van der Waals surface area contributed by atoms with Crippen molar-refractivity contribution in [3.8, 4) is 5.75 Å². The molecule has 1 unspecified atom stereocenters. The SMILES string of the molecule is COCCCNC(=O)C(C)Oc1cccc(N)c1C. The predicted octanol–water partition coefficient (Wildman–Crippen LogP) is 1.50. The molecule has 5 heteroatoms. The number of hydrogen-bond acceptors (Lipinski definition) is 4. The summed E-state index contributed by atoms with van der Waals surface area (Å²) in [4.78, 5) is 11.8. The van der Waals surface area contributed by atoms with Crippen LogP contribution < -0.4 is 15.8 Å². The topological polar surface area (TPSA) is 73.6 Å². The van der Waals surface area contributed by atoms with Gasteiger partial charge in [0.1, 0.15) is 5.75 Å². The van der Waals surface area contributed by atoms with Gasteiger partial charge in [-0.3, -0.25) is 4.79 Å². The normalized spacial score (nSPS) is 11.9. The second-order valence-electron chi connectivity index (χ2n) is 4.37. The van der Waals surface area contributed by atoms with Gasteiger partial charge in [0.25, 0.3) is 5.91 Å². The summed E-state index contributed by atoms with van der Waals surface area (Å²) in [5, 5.41) is 2.80. The average Bonchev–Trinajstić information content (AvgIpc) is 2.39. The van der Waals surface area contributed by atoms with Gasteiger partial charge in [0.2, 0.25) is 0 Å². The number of nitrogens with one attached hydrogen (secondary N) is 1. The minimum Gasteiger partial charge on any atom is -0.481 e. The second kappa shape index (κ2) is 7.63. The highest BCUT2D eigenvalue weighted by Crippen LogP contribution is 2.23. The molecule has 0 saturated heterocycles. The maximum absolute atomic E-state index is 11.8. The van der Waals surface area contributed by atoms with Crippen molar-refractivity contribution < 1.29 is 14.3 Å². The van der Waals surface area contributed by atoms with Crippen LogP contribution in [0.15, 0.2) is 18.2 Å². The summed E-state index contributed by atoms with van der Waals surface area (Å²) in [6.07, 6.45) is 0.231. The average molecular weight is 266 g/mol. The second-order valence-corrected chi connectivity index (χ2v) is 4.37. The Labute approximate surface area is 114 Å². The molecule has 5 nitrogen and oxygen atoms in total. The molecule has 1 atom stereocenters. The zero-order valence-corrected chi connectivity index (χ0v) is 11.7. The summed E-state index contributed by atoms with van der Waals surface area (Å²) in [6.45, 7) is 4.79. The molecule has 1 aromatic rings. The minimum absolute atomic E-state index is 0.141. The number of hydrogen-bond donors (Lipinski definition) is 2. The monoisotopic (exact) mass is 266 g/mol. The van der Waals surface area contributed by atoms with Gasteiger partial charge in [-0.15, -0.1) is 0 Å².